The van der Waals surface area contributed by atoms with Crippen molar-refractivity contribution < 1.29 is 9.53 Å². The maximum atomic E-state index is 12.5. The molecule has 2 aromatic carbocycles. The van der Waals surface area contributed by atoms with Crippen LogP contribution < -0.4 is 10.1 Å². The van der Waals surface area contributed by atoms with Gasteiger partial charge in [0.05, 0.1) is 5.75 Å². The number of nitrogens with one attached hydrogen (secondary N) is 1. The van der Waals surface area contributed by atoms with Gasteiger partial charge in [-0.25, -0.2) is 0 Å². The van der Waals surface area contributed by atoms with Crippen LogP contribution in [0.25, 0.3) is 11.5 Å². The van der Waals surface area contributed by atoms with Crippen molar-refractivity contribution in [3.63, 3.8) is 0 Å². The predicted octanol–water partition coefficient (Wildman–Crippen LogP) is 4.84. The van der Waals surface area contributed by atoms with Gasteiger partial charge in [0.1, 0.15) is 18.1 Å². The second-order valence-electron chi connectivity index (χ2n) is 7.06. The molecule has 2 heterocycles. The van der Waals surface area contributed by atoms with Gasteiger partial charge in [-0.05, 0) is 42.0 Å². The molecule has 0 aliphatic carbocycles. The summed E-state index contributed by atoms with van der Waals surface area (Å²) < 4.78 is 7.68. The average molecular weight is 458 g/mol. The van der Waals surface area contributed by atoms with Gasteiger partial charge in [-0.3, -0.25) is 14.3 Å². The number of benzene rings is 2. The number of nitrogens with zero attached hydrogens (tertiary/aromatic N) is 4. The fourth-order valence-electron chi connectivity index (χ4n) is 3.08. The zero-order valence-corrected chi connectivity index (χ0v) is 18.7. The minimum Gasteiger partial charge on any atom is -0.489 e. The van der Waals surface area contributed by atoms with Gasteiger partial charge in [-0.15, -0.1) is 16.8 Å². The lowest BCUT2D eigenvalue weighted by Crippen LogP contribution is -2.14. The largest absolute Gasteiger partial charge is 0.489 e. The van der Waals surface area contributed by atoms with Gasteiger partial charge in [0, 0.05) is 18.4 Å². The Balaban J connectivity index is 1.32. The van der Waals surface area contributed by atoms with E-state index in [2.05, 4.69) is 27.1 Å². The Hall–Kier alpha value is -3.91. The maximum Gasteiger partial charge on any atom is 0.234 e. The number of carbonyl (C=O) groups is 1. The van der Waals surface area contributed by atoms with E-state index in [1.54, 1.807) is 12.3 Å². The van der Waals surface area contributed by atoms with E-state index < -0.39 is 0 Å². The molecular formula is C25H23N5O2S. The first-order valence-electron chi connectivity index (χ1n) is 10.4. The first kappa shape index (κ1) is 22.3. The van der Waals surface area contributed by atoms with Crippen molar-refractivity contribution in [3.05, 3.63) is 97.2 Å². The van der Waals surface area contributed by atoms with Gasteiger partial charge in [-0.1, -0.05) is 54.2 Å². The molecule has 0 saturated heterocycles. The van der Waals surface area contributed by atoms with Crippen molar-refractivity contribution in [2.24, 2.45) is 0 Å². The molecule has 166 valence electrons. The summed E-state index contributed by atoms with van der Waals surface area (Å²) in [7, 11) is 0. The fourth-order valence-corrected chi connectivity index (χ4v) is 3.82. The Kier molecular flexibility index (Phi) is 7.50. The van der Waals surface area contributed by atoms with Crippen molar-refractivity contribution in [1.29, 1.82) is 0 Å². The number of aromatic nitrogens is 4. The third-order valence-electron chi connectivity index (χ3n) is 4.64. The van der Waals surface area contributed by atoms with Crippen molar-refractivity contribution in [2.45, 2.75) is 18.3 Å². The normalized spacial score (nSPS) is 10.5. The number of amides is 1. The van der Waals surface area contributed by atoms with Crippen molar-refractivity contribution in [3.8, 4) is 17.3 Å². The highest BCUT2D eigenvalue weighted by molar-refractivity contribution is 7.99. The molecule has 2 aromatic heterocycles. The van der Waals surface area contributed by atoms with Gasteiger partial charge in [0.2, 0.25) is 5.91 Å². The number of hydrogen-bond acceptors (Lipinski definition) is 6. The SMILES string of the molecule is C=CCn1c(SCC(=O)Nc2ccc(OCc3ccccc3)cc2)nnc1-c1ccccn1. The van der Waals surface area contributed by atoms with Gasteiger partial charge < -0.3 is 10.1 Å². The van der Waals surface area contributed by atoms with Gasteiger partial charge >= 0.3 is 0 Å². The van der Waals surface area contributed by atoms with Gasteiger partial charge in [0.15, 0.2) is 11.0 Å². The van der Waals surface area contributed by atoms with Crippen LogP contribution in [0.15, 0.2) is 96.8 Å². The van der Waals surface area contributed by atoms with Crippen LogP contribution in [0, 0.1) is 0 Å². The summed E-state index contributed by atoms with van der Waals surface area (Å²) in [6, 6.07) is 22.9. The van der Waals surface area contributed by atoms with Crippen LogP contribution in [-0.4, -0.2) is 31.4 Å². The smallest absolute Gasteiger partial charge is 0.234 e. The highest BCUT2D eigenvalue weighted by Gasteiger charge is 2.15. The van der Waals surface area contributed by atoms with E-state index >= 15 is 0 Å². The average Bonchev–Trinajstić information content (AvgIpc) is 3.26. The number of carbonyl (C=O) groups excluding carboxylic acids is 1. The number of rotatable bonds is 10. The number of thioether (sulfide) groups is 1. The Bertz CT molecular complexity index is 1190. The number of anilines is 1. The van der Waals surface area contributed by atoms with E-state index in [9.17, 15) is 4.79 Å². The topological polar surface area (TPSA) is 81.9 Å². The summed E-state index contributed by atoms with van der Waals surface area (Å²) in [5, 5.41) is 12.0. The van der Waals surface area contributed by atoms with Crippen LogP contribution in [0.4, 0.5) is 5.69 Å². The molecule has 7 nitrogen and oxygen atoms in total. The van der Waals surface area contributed by atoms with Crippen LogP contribution in [0.3, 0.4) is 0 Å². The zero-order chi connectivity index (χ0) is 22.9. The van der Waals surface area contributed by atoms with Crippen LogP contribution >= 0.6 is 11.8 Å². The molecule has 1 amide bonds. The molecule has 8 heteroatoms. The molecule has 0 atom stereocenters. The Morgan fingerprint density at radius 1 is 1.03 bits per heavy atom. The molecular weight excluding hydrogens is 434 g/mol. The molecule has 33 heavy (non-hydrogen) atoms. The summed E-state index contributed by atoms with van der Waals surface area (Å²) >= 11 is 1.32. The Morgan fingerprint density at radius 3 is 2.55 bits per heavy atom. The molecule has 0 spiro atoms. The summed E-state index contributed by atoms with van der Waals surface area (Å²) in [4.78, 5) is 16.8. The van der Waals surface area contributed by atoms with E-state index in [0.717, 1.165) is 17.0 Å². The Labute approximate surface area is 196 Å². The molecule has 0 aliphatic heterocycles. The van der Waals surface area contributed by atoms with Crippen LogP contribution in [-0.2, 0) is 17.9 Å². The quantitative estimate of drug-likeness (QED) is 0.271. The zero-order valence-electron chi connectivity index (χ0n) is 17.9. The molecule has 1 N–H and O–H groups in total. The van der Waals surface area contributed by atoms with Gasteiger partial charge in [-0.2, -0.15) is 0 Å². The summed E-state index contributed by atoms with van der Waals surface area (Å²) in [5.41, 5.74) is 2.52. The highest BCUT2D eigenvalue weighted by Crippen LogP contribution is 2.23. The molecule has 0 saturated carbocycles. The van der Waals surface area contributed by atoms with E-state index in [-0.39, 0.29) is 11.7 Å². The lowest BCUT2D eigenvalue weighted by atomic mass is 10.2. The lowest BCUT2D eigenvalue weighted by Gasteiger charge is -2.09. The molecule has 0 bridgehead atoms. The second kappa shape index (κ2) is 11.1. The molecule has 0 aliphatic rings. The molecule has 4 rings (SSSR count). The predicted molar refractivity (Wildman–Crippen MR) is 130 cm³/mol. The highest BCUT2D eigenvalue weighted by atomic mass is 32.2. The summed E-state index contributed by atoms with van der Waals surface area (Å²) in [5.74, 6) is 1.45. The maximum absolute atomic E-state index is 12.5. The monoisotopic (exact) mass is 457 g/mol. The van der Waals surface area contributed by atoms with Crippen LogP contribution in [0.5, 0.6) is 5.75 Å². The number of ether oxygens (including phenoxy) is 1. The summed E-state index contributed by atoms with van der Waals surface area (Å²) in [6.45, 7) is 4.82. The van der Waals surface area contributed by atoms with E-state index in [1.807, 2.05) is 77.4 Å². The third kappa shape index (κ3) is 6.08. The second-order valence-corrected chi connectivity index (χ2v) is 8.00. The molecule has 0 fully saturated rings. The van der Waals surface area contributed by atoms with Crippen molar-refractivity contribution >= 4 is 23.4 Å². The first-order chi connectivity index (χ1) is 16.2. The van der Waals surface area contributed by atoms with Crippen molar-refractivity contribution in [1.82, 2.24) is 19.7 Å². The number of pyridine rings is 1. The first-order valence-corrected chi connectivity index (χ1v) is 11.4. The third-order valence-corrected chi connectivity index (χ3v) is 5.61. The number of hydrogen-bond donors (Lipinski definition) is 1. The van der Waals surface area contributed by atoms with Crippen LogP contribution in [0.1, 0.15) is 5.56 Å². The number of allylic oxidation sites excluding steroid dienone is 1. The van der Waals surface area contributed by atoms with Gasteiger partial charge in [0.25, 0.3) is 0 Å². The fraction of sp³-hybridized carbons (Fsp3) is 0.120. The standard InChI is InChI=1S/C25H23N5O2S/c1-2-16-30-24(22-10-6-7-15-26-22)28-29-25(30)33-18-23(31)27-20-11-13-21(14-12-20)32-17-19-8-4-3-5-9-19/h2-15H,1,16-18H2,(H,27,31). The molecule has 0 unspecified atom stereocenters. The minimum atomic E-state index is -0.134. The minimum absolute atomic E-state index is 0.134. The lowest BCUT2D eigenvalue weighted by molar-refractivity contribution is -0.113. The van der Waals surface area contributed by atoms with E-state index in [1.165, 1.54) is 11.8 Å². The van der Waals surface area contributed by atoms with E-state index in [4.69, 9.17) is 4.74 Å². The molecule has 0 radical (unpaired) electrons. The van der Waals surface area contributed by atoms with Crippen molar-refractivity contribution in [2.75, 3.05) is 11.1 Å². The Morgan fingerprint density at radius 2 is 1.82 bits per heavy atom. The van der Waals surface area contributed by atoms with Crippen LogP contribution in [0.2, 0.25) is 0 Å². The molecule has 4 aromatic rings. The summed E-state index contributed by atoms with van der Waals surface area (Å²) in [6.07, 6.45) is 3.47. The van der Waals surface area contributed by atoms with E-state index in [0.29, 0.717) is 29.8 Å².